The van der Waals surface area contributed by atoms with E-state index in [2.05, 4.69) is 15.9 Å². The molecule has 2 heterocycles. The first kappa shape index (κ1) is 14.7. The molecule has 2 rings (SSSR count). The Morgan fingerprint density at radius 1 is 1.50 bits per heavy atom. The molecule has 0 aliphatic carbocycles. The van der Waals surface area contributed by atoms with Crippen LogP contribution in [0.5, 0.6) is 0 Å². The van der Waals surface area contributed by atoms with Gasteiger partial charge in [-0.1, -0.05) is 11.6 Å². The van der Waals surface area contributed by atoms with E-state index in [9.17, 15) is 8.42 Å². The molecule has 1 aliphatic rings. The molecule has 0 radical (unpaired) electrons. The molecule has 0 aromatic carbocycles. The molecule has 18 heavy (non-hydrogen) atoms. The highest BCUT2D eigenvalue weighted by Gasteiger charge is 2.31. The SMILES string of the molecule is CN(C1CCOCC1)S(=O)(=O)c1cc(Cl)c(Br)s1. The van der Waals surface area contributed by atoms with Gasteiger partial charge in [-0.3, -0.25) is 0 Å². The van der Waals surface area contributed by atoms with Gasteiger partial charge in [-0.05, 0) is 34.8 Å². The van der Waals surface area contributed by atoms with Crippen LogP contribution in [-0.2, 0) is 14.8 Å². The Bertz CT molecular complexity index is 506. The standard InChI is InChI=1S/C10H13BrClNO3S2/c1-13(7-2-4-16-5-3-7)18(14,15)9-6-8(12)10(11)17-9/h6-7H,2-5H2,1H3. The van der Waals surface area contributed by atoms with Crippen LogP contribution >= 0.6 is 38.9 Å². The molecular formula is C10H13BrClNO3S2. The Hall–Kier alpha value is 0.340. The lowest BCUT2D eigenvalue weighted by atomic mass is 10.1. The molecule has 8 heteroatoms. The van der Waals surface area contributed by atoms with Crippen LogP contribution in [0.2, 0.25) is 5.02 Å². The Balaban J connectivity index is 2.24. The average molecular weight is 375 g/mol. The van der Waals surface area contributed by atoms with Crippen molar-refractivity contribution in [3.05, 3.63) is 14.9 Å². The molecule has 1 aliphatic heterocycles. The van der Waals surface area contributed by atoms with Gasteiger partial charge in [-0.25, -0.2) is 8.42 Å². The summed E-state index contributed by atoms with van der Waals surface area (Å²) in [5, 5.41) is 0.430. The van der Waals surface area contributed by atoms with Crippen molar-refractivity contribution >= 4 is 48.9 Å². The summed E-state index contributed by atoms with van der Waals surface area (Å²) < 4.78 is 32.4. The number of sulfonamides is 1. The smallest absolute Gasteiger partial charge is 0.252 e. The summed E-state index contributed by atoms with van der Waals surface area (Å²) in [7, 11) is -1.84. The second-order valence-corrected chi connectivity index (χ2v) is 9.05. The Morgan fingerprint density at radius 2 is 2.11 bits per heavy atom. The number of thiophene rings is 1. The largest absolute Gasteiger partial charge is 0.381 e. The highest BCUT2D eigenvalue weighted by Crippen LogP contribution is 2.36. The zero-order chi connectivity index (χ0) is 13.3. The van der Waals surface area contributed by atoms with E-state index in [0.717, 1.165) is 24.2 Å². The second kappa shape index (κ2) is 5.76. The minimum absolute atomic E-state index is 0.00315. The lowest BCUT2D eigenvalue weighted by Gasteiger charge is -2.29. The van der Waals surface area contributed by atoms with Crippen molar-refractivity contribution in [2.24, 2.45) is 0 Å². The lowest BCUT2D eigenvalue weighted by molar-refractivity contribution is 0.0632. The van der Waals surface area contributed by atoms with Gasteiger partial charge in [-0.2, -0.15) is 4.31 Å². The van der Waals surface area contributed by atoms with Crippen molar-refractivity contribution in [2.45, 2.75) is 23.1 Å². The molecule has 0 unspecified atom stereocenters. The maximum absolute atomic E-state index is 12.4. The van der Waals surface area contributed by atoms with Crippen molar-refractivity contribution in [1.82, 2.24) is 4.31 Å². The van der Waals surface area contributed by atoms with Crippen molar-refractivity contribution in [1.29, 1.82) is 0 Å². The second-order valence-electron chi connectivity index (χ2n) is 4.05. The van der Waals surface area contributed by atoms with Gasteiger partial charge in [0, 0.05) is 26.3 Å². The fraction of sp³-hybridized carbons (Fsp3) is 0.600. The van der Waals surface area contributed by atoms with Crippen molar-refractivity contribution < 1.29 is 13.2 Å². The summed E-state index contributed by atoms with van der Waals surface area (Å²) in [6.45, 7) is 1.22. The zero-order valence-corrected chi connectivity index (χ0v) is 13.7. The molecule has 0 amide bonds. The summed E-state index contributed by atoms with van der Waals surface area (Å²) in [4.78, 5) is 0. The molecular weight excluding hydrogens is 362 g/mol. The van der Waals surface area contributed by atoms with E-state index in [4.69, 9.17) is 16.3 Å². The first-order chi connectivity index (χ1) is 8.43. The van der Waals surface area contributed by atoms with Crippen molar-refractivity contribution in [3.63, 3.8) is 0 Å². The molecule has 1 saturated heterocycles. The van der Waals surface area contributed by atoms with Gasteiger partial charge in [0.1, 0.15) is 4.21 Å². The zero-order valence-electron chi connectivity index (χ0n) is 9.73. The van der Waals surface area contributed by atoms with E-state index in [1.807, 2.05) is 0 Å². The van der Waals surface area contributed by atoms with Crippen LogP contribution in [0.4, 0.5) is 0 Å². The number of ether oxygens (including phenoxy) is 1. The average Bonchev–Trinajstić information content (AvgIpc) is 2.70. The minimum Gasteiger partial charge on any atom is -0.381 e. The fourth-order valence-electron chi connectivity index (χ4n) is 1.84. The number of hydrogen-bond acceptors (Lipinski definition) is 4. The van der Waals surface area contributed by atoms with E-state index in [1.165, 1.54) is 10.4 Å². The topological polar surface area (TPSA) is 46.6 Å². The first-order valence-electron chi connectivity index (χ1n) is 5.43. The van der Waals surface area contributed by atoms with Gasteiger partial charge < -0.3 is 4.74 Å². The van der Waals surface area contributed by atoms with Gasteiger partial charge >= 0.3 is 0 Å². The summed E-state index contributed by atoms with van der Waals surface area (Å²) in [6.07, 6.45) is 1.46. The molecule has 0 bridgehead atoms. The van der Waals surface area contributed by atoms with Crippen LogP contribution < -0.4 is 0 Å². The lowest BCUT2D eigenvalue weighted by Crippen LogP contribution is -2.40. The fourth-order valence-corrected chi connectivity index (χ4v) is 5.84. The summed E-state index contributed by atoms with van der Waals surface area (Å²) >= 11 is 10.3. The molecule has 0 N–H and O–H groups in total. The van der Waals surface area contributed by atoms with Crippen LogP contribution in [-0.4, -0.2) is 39.0 Å². The third-order valence-corrected chi connectivity index (χ3v) is 7.79. The predicted octanol–water partition coefficient (Wildman–Crippen LogP) is 2.96. The number of halogens is 2. The third kappa shape index (κ3) is 2.91. The molecule has 0 saturated carbocycles. The molecule has 4 nitrogen and oxygen atoms in total. The van der Waals surface area contributed by atoms with Crippen LogP contribution in [0, 0.1) is 0 Å². The predicted molar refractivity (Wildman–Crippen MR) is 75.8 cm³/mol. The monoisotopic (exact) mass is 373 g/mol. The highest BCUT2D eigenvalue weighted by molar-refractivity contribution is 9.11. The molecule has 1 aromatic heterocycles. The maximum Gasteiger partial charge on any atom is 0.252 e. The molecule has 1 aromatic rings. The Morgan fingerprint density at radius 3 is 2.61 bits per heavy atom. The van der Waals surface area contributed by atoms with E-state index in [0.29, 0.717) is 22.0 Å². The number of rotatable bonds is 3. The normalized spacial score (nSPS) is 18.4. The number of hydrogen-bond donors (Lipinski definition) is 0. The van der Waals surface area contributed by atoms with Crippen LogP contribution in [0.15, 0.2) is 14.1 Å². The van der Waals surface area contributed by atoms with Gasteiger partial charge in [0.05, 0.1) is 8.81 Å². The molecule has 0 spiro atoms. The highest BCUT2D eigenvalue weighted by atomic mass is 79.9. The van der Waals surface area contributed by atoms with E-state index in [1.54, 1.807) is 7.05 Å². The van der Waals surface area contributed by atoms with E-state index < -0.39 is 10.0 Å². The Kier molecular flexibility index (Phi) is 4.72. The van der Waals surface area contributed by atoms with E-state index in [-0.39, 0.29) is 10.3 Å². The third-order valence-electron chi connectivity index (χ3n) is 2.96. The molecule has 102 valence electrons. The quantitative estimate of drug-likeness (QED) is 0.817. The molecule has 0 atom stereocenters. The van der Waals surface area contributed by atoms with Gasteiger partial charge in [-0.15, -0.1) is 11.3 Å². The summed E-state index contributed by atoms with van der Waals surface area (Å²) in [5.74, 6) is 0. The van der Waals surface area contributed by atoms with Crippen LogP contribution in [0.3, 0.4) is 0 Å². The molecule has 1 fully saturated rings. The first-order valence-corrected chi connectivity index (χ1v) is 8.86. The number of nitrogens with zero attached hydrogens (tertiary/aromatic N) is 1. The maximum atomic E-state index is 12.4. The minimum atomic E-state index is -3.46. The summed E-state index contributed by atoms with van der Waals surface area (Å²) in [6, 6.07) is 1.49. The van der Waals surface area contributed by atoms with Gasteiger partial charge in [0.25, 0.3) is 10.0 Å². The van der Waals surface area contributed by atoms with Crippen LogP contribution in [0.1, 0.15) is 12.8 Å². The van der Waals surface area contributed by atoms with Crippen molar-refractivity contribution in [3.8, 4) is 0 Å². The van der Waals surface area contributed by atoms with E-state index >= 15 is 0 Å². The van der Waals surface area contributed by atoms with Gasteiger partial charge in [0.2, 0.25) is 0 Å². The van der Waals surface area contributed by atoms with Crippen LogP contribution in [0.25, 0.3) is 0 Å². The Labute approximate surface area is 124 Å². The summed E-state index contributed by atoms with van der Waals surface area (Å²) in [5.41, 5.74) is 0. The van der Waals surface area contributed by atoms with Gasteiger partial charge in [0.15, 0.2) is 0 Å². The van der Waals surface area contributed by atoms with Crippen molar-refractivity contribution in [2.75, 3.05) is 20.3 Å².